The summed E-state index contributed by atoms with van der Waals surface area (Å²) in [6.07, 6.45) is 8.60. The smallest absolute Gasteiger partial charge is 0.407 e. The number of unbranched alkanes of at least 4 members (excludes halogenated alkanes) is 4. The van der Waals surface area contributed by atoms with E-state index in [1.54, 1.807) is 12.3 Å². The fraction of sp³-hybridized carbons (Fsp3) is 0.474. The van der Waals surface area contributed by atoms with Crippen LogP contribution < -0.4 is 10.6 Å². The second kappa shape index (κ2) is 13.2. The van der Waals surface area contributed by atoms with Crippen LogP contribution in [0.2, 0.25) is 0 Å². The zero-order chi connectivity index (χ0) is 17.5. The van der Waals surface area contributed by atoms with Gasteiger partial charge >= 0.3 is 6.09 Å². The number of nitrogens with one attached hydrogen (secondary N) is 2. The van der Waals surface area contributed by atoms with E-state index in [2.05, 4.69) is 10.6 Å². The molecule has 1 aromatic rings. The van der Waals surface area contributed by atoms with Gasteiger partial charge in [0.1, 0.15) is 6.61 Å². The predicted octanol–water partition coefficient (Wildman–Crippen LogP) is 3.90. The number of hydrogen-bond donors (Lipinski definition) is 2. The minimum absolute atomic E-state index is 0.0657. The largest absolute Gasteiger partial charge is 0.445 e. The SMILES string of the molecule is CC=CNC(=O)CCCCCCCNC(=O)OCc1ccccc1. The van der Waals surface area contributed by atoms with Crippen LogP contribution in [-0.2, 0) is 16.1 Å². The Morgan fingerprint density at radius 1 is 1.04 bits per heavy atom. The lowest BCUT2D eigenvalue weighted by atomic mass is 10.1. The molecule has 5 nitrogen and oxygen atoms in total. The third-order valence-electron chi connectivity index (χ3n) is 3.47. The van der Waals surface area contributed by atoms with Gasteiger partial charge in [-0.25, -0.2) is 4.79 Å². The fourth-order valence-electron chi connectivity index (χ4n) is 2.15. The molecule has 1 aromatic carbocycles. The van der Waals surface area contributed by atoms with Crippen molar-refractivity contribution in [3.8, 4) is 0 Å². The van der Waals surface area contributed by atoms with Crippen molar-refractivity contribution in [2.75, 3.05) is 6.54 Å². The van der Waals surface area contributed by atoms with Crippen molar-refractivity contribution in [3.63, 3.8) is 0 Å². The van der Waals surface area contributed by atoms with Crippen LogP contribution in [0.15, 0.2) is 42.6 Å². The molecule has 0 heterocycles. The standard InChI is InChI=1S/C19H28N2O3/c1-2-14-20-18(22)13-9-4-3-5-10-15-21-19(23)24-16-17-11-7-6-8-12-17/h2,6-8,11-12,14H,3-5,9-10,13,15-16H2,1H3,(H,20,22)(H,21,23). The highest BCUT2D eigenvalue weighted by Gasteiger charge is 2.02. The van der Waals surface area contributed by atoms with E-state index >= 15 is 0 Å². The Hall–Kier alpha value is -2.30. The average molecular weight is 332 g/mol. The molecule has 1 rings (SSSR count). The number of carbonyl (C=O) groups is 2. The van der Waals surface area contributed by atoms with E-state index in [1.165, 1.54) is 0 Å². The Morgan fingerprint density at radius 3 is 2.50 bits per heavy atom. The lowest BCUT2D eigenvalue weighted by Gasteiger charge is -2.07. The topological polar surface area (TPSA) is 67.4 Å². The summed E-state index contributed by atoms with van der Waals surface area (Å²) in [6, 6.07) is 9.61. The summed E-state index contributed by atoms with van der Waals surface area (Å²) in [6.45, 7) is 2.78. The third-order valence-corrected chi connectivity index (χ3v) is 3.47. The van der Waals surface area contributed by atoms with Gasteiger partial charge in [-0.1, -0.05) is 55.7 Å². The Morgan fingerprint density at radius 2 is 1.75 bits per heavy atom. The minimum Gasteiger partial charge on any atom is -0.445 e. The first-order chi connectivity index (χ1) is 11.7. The molecule has 2 N–H and O–H groups in total. The molecule has 0 saturated carbocycles. The van der Waals surface area contributed by atoms with Crippen molar-refractivity contribution in [3.05, 3.63) is 48.2 Å². The van der Waals surface area contributed by atoms with Crippen LogP contribution >= 0.6 is 0 Å². The second-order valence-electron chi connectivity index (χ2n) is 5.57. The molecule has 0 aliphatic carbocycles. The van der Waals surface area contributed by atoms with Gasteiger partial charge in [0.15, 0.2) is 0 Å². The summed E-state index contributed by atoms with van der Waals surface area (Å²) >= 11 is 0. The molecule has 0 unspecified atom stereocenters. The van der Waals surface area contributed by atoms with Crippen molar-refractivity contribution in [1.29, 1.82) is 0 Å². The zero-order valence-electron chi connectivity index (χ0n) is 14.4. The van der Waals surface area contributed by atoms with E-state index in [9.17, 15) is 9.59 Å². The van der Waals surface area contributed by atoms with E-state index < -0.39 is 0 Å². The lowest BCUT2D eigenvalue weighted by molar-refractivity contribution is -0.120. The lowest BCUT2D eigenvalue weighted by Crippen LogP contribution is -2.25. The Bertz CT molecular complexity index is 501. The Balaban J connectivity index is 1.91. The number of benzene rings is 1. The molecule has 0 saturated heterocycles. The number of carbonyl (C=O) groups excluding carboxylic acids is 2. The van der Waals surface area contributed by atoms with Crippen LogP contribution in [0.3, 0.4) is 0 Å². The van der Waals surface area contributed by atoms with Crippen LogP contribution in [0, 0.1) is 0 Å². The normalized spacial score (nSPS) is 10.5. The summed E-state index contributed by atoms with van der Waals surface area (Å²) in [7, 11) is 0. The van der Waals surface area contributed by atoms with Crippen molar-refractivity contribution >= 4 is 12.0 Å². The van der Waals surface area contributed by atoms with Gasteiger partial charge in [-0.2, -0.15) is 0 Å². The molecule has 0 radical (unpaired) electrons. The van der Waals surface area contributed by atoms with Crippen molar-refractivity contribution in [2.45, 2.75) is 52.1 Å². The molecule has 24 heavy (non-hydrogen) atoms. The van der Waals surface area contributed by atoms with Crippen molar-refractivity contribution in [1.82, 2.24) is 10.6 Å². The summed E-state index contributed by atoms with van der Waals surface area (Å²) in [5.41, 5.74) is 0.978. The highest BCUT2D eigenvalue weighted by molar-refractivity contribution is 5.76. The van der Waals surface area contributed by atoms with Crippen LogP contribution in [-0.4, -0.2) is 18.5 Å². The van der Waals surface area contributed by atoms with Crippen LogP contribution in [0.4, 0.5) is 4.79 Å². The van der Waals surface area contributed by atoms with E-state index in [1.807, 2.05) is 37.3 Å². The molecule has 0 bridgehead atoms. The predicted molar refractivity (Wildman–Crippen MR) is 95.3 cm³/mol. The quantitative estimate of drug-likeness (QED) is 0.604. The maximum atomic E-state index is 11.5. The van der Waals surface area contributed by atoms with E-state index in [0.29, 0.717) is 19.6 Å². The van der Waals surface area contributed by atoms with E-state index in [-0.39, 0.29) is 12.0 Å². The molecule has 132 valence electrons. The molecule has 0 aliphatic heterocycles. The number of allylic oxidation sites excluding steroid dienone is 1. The van der Waals surface area contributed by atoms with Gasteiger partial charge in [-0.05, 0) is 31.5 Å². The number of hydrogen-bond acceptors (Lipinski definition) is 3. The van der Waals surface area contributed by atoms with Gasteiger partial charge in [-0.15, -0.1) is 0 Å². The van der Waals surface area contributed by atoms with Crippen molar-refractivity contribution in [2.24, 2.45) is 0 Å². The first-order valence-electron chi connectivity index (χ1n) is 8.57. The Labute approximate surface area is 144 Å². The average Bonchev–Trinajstić information content (AvgIpc) is 2.61. The van der Waals surface area contributed by atoms with Crippen molar-refractivity contribution < 1.29 is 14.3 Å². The molecular formula is C19H28N2O3. The number of ether oxygens (including phenoxy) is 1. The van der Waals surface area contributed by atoms with E-state index in [0.717, 1.165) is 37.7 Å². The molecule has 0 aromatic heterocycles. The van der Waals surface area contributed by atoms with Gasteiger partial charge < -0.3 is 15.4 Å². The maximum Gasteiger partial charge on any atom is 0.407 e. The highest BCUT2D eigenvalue weighted by atomic mass is 16.5. The highest BCUT2D eigenvalue weighted by Crippen LogP contribution is 2.05. The number of amides is 2. The van der Waals surface area contributed by atoms with Crippen LogP contribution in [0.5, 0.6) is 0 Å². The summed E-state index contributed by atoms with van der Waals surface area (Å²) in [4.78, 5) is 22.9. The zero-order valence-corrected chi connectivity index (χ0v) is 14.4. The molecule has 0 fully saturated rings. The van der Waals surface area contributed by atoms with Gasteiger partial charge in [0.05, 0.1) is 0 Å². The van der Waals surface area contributed by atoms with Crippen LogP contribution in [0.25, 0.3) is 0 Å². The molecular weight excluding hydrogens is 304 g/mol. The number of rotatable bonds is 11. The van der Waals surface area contributed by atoms with E-state index in [4.69, 9.17) is 4.74 Å². The monoisotopic (exact) mass is 332 g/mol. The molecule has 0 atom stereocenters. The minimum atomic E-state index is -0.375. The fourth-order valence-corrected chi connectivity index (χ4v) is 2.15. The van der Waals surface area contributed by atoms with Gasteiger partial charge in [-0.3, -0.25) is 4.79 Å². The first kappa shape index (κ1) is 19.7. The molecule has 5 heteroatoms. The van der Waals surface area contributed by atoms with Gasteiger partial charge in [0.25, 0.3) is 0 Å². The molecule has 2 amide bonds. The Kier molecular flexibility index (Phi) is 10.8. The number of alkyl carbamates (subject to hydrolysis) is 1. The summed E-state index contributed by atoms with van der Waals surface area (Å²) in [5.74, 6) is 0.0657. The maximum absolute atomic E-state index is 11.5. The molecule has 0 aliphatic rings. The van der Waals surface area contributed by atoms with Gasteiger partial charge in [0, 0.05) is 13.0 Å². The second-order valence-corrected chi connectivity index (χ2v) is 5.57. The van der Waals surface area contributed by atoms with Gasteiger partial charge in [0.2, 0.25) is 5.91 Å². The third kappa shape index (κ3) is 10.4. The summed E-state index contributed by atoms with van der Waals surface area (Å²) in [5, 5.41) is 5.45. The molecule has 0 spiro atoms. The first-order valence-corrected chi connectivity index (χ1v) is 8.57. The summed E-state index contributed by atoms with van der Waals surface area (Å²) < 4.78 is 5.13. The van der Waals surface area contributed by atoms with Crippen LogP contribution in [0.1, 0.15) is 51.0 Å².